The largest absolute Gasteiger partial charge is 0.349 e. The Morgan fingerprint density at radius 1 is 1.03 bits per heavy atom. The molecule has 0 unspecified atom stereocenters. The monoisotopic (exact) mass is 433 g/mol. The number of hydrogen-bond donors (Lipinski definition) is 1. The van der Waals surface area contributed by atoms with E-state index >= 15 is 0 Å². The highest BCUT2D eigenvalue weighted by molar-refractivity contribution is 8.18. The number of amides is 3. The average Bonchev–Trinajstić information content (AvgIpc) is 3.35. The van der Waals surface area contributed by atoms with E-state index in [0.29, 0.717) is 11.4 Å². The third kappa shape index (κ3) is 5.07. The van der Waals surface area contributed by atoms with Crippen LogP contribution in [0.25, 0.3) is 6.08 Å². The molecule has 0 radical (unpaired) electrons. The number of hydrogen-bond acceptors (Lipinski definition) is 6. The lowest BCUT2D eigenvalue weighted by Crippen LogP contribution is -2.37. The van der Waals surface area contributed by atoms with E-state index in [1.54, 1.807) is 17.0 Å². The average molecular weight is 433 g/mol. The van der Waals surface area contributed by atoms with Crippen LogP contribution in [0.4, 0.5) is 4.79 Å². The normalized spacial score (nSPS) is 15.0. The first kappa shape index (κ1) is 20.5. The predicted octanol–water partition coefficient (Wildman–Crippen LogP) is 2.79. The molecule has 4 rings (SSSR count). The van der Waals surface area contributed by atoms with Crippen molar-refractivity contribution in [3.05, 3.63) is 88.6 Å². The molecule has 1 fully saturated rings. The molecule has 0 atom stereocenters. The van der Waals surface area contributed by atoms with Gasteiger partial charge in [-0.05, 0) is 29.0 Å². The number of imide groups is 1. The molecule has 1 saturated heterocycles. The van der Waals surface area contributed by atoms with E-state index in [4.69, 9.17) is 0 Å². The molecule has 8 nitrogen and oxygen atoms in total. The second kappa shape index (κ2) is 9.40. The van der Waals surface area contributed by atoms with Crippen molar-refractivity contribution >= 4 is 34.9 Å². The number of carbonyl (C=O) groups is 3. The number of nitrogens with zero attached hydrogens (tertiary/aromatic N) is 4. The molecule has 0 bridgehead atoms. The van der Waals surface area contributed by atoms with Gasteiger partial charge in [-0.2, -0.15) is 0 Å². The smallest absolute Gasteiger partial charge is 0.293 e. The van der Waals surface area contributed by atoms with E-state index in [2.05, 4.69) is 15.6 Å². The minimum absolute atomic E-state index is 0.0840. The fraction of sp³-hybridized carbons (Fsp3) is 0.136. The second-order valence-corrected chi connectivity index (χ2v) is 7.78. The Morgan fingerprint density at radius 2 is 1.74 bits per heavy atom. The van der Waals surface area contributed by atoms with E-state index in [9.17, 15) is 14.4 Å². The Hall–Kier alpha value is -3.72. The number of carbonyl (C=O) groups excluding carboxylic acids is 3. The maximum atomic E-state index is 12.5. The van der Waals surface area contributed by atoms with Crippen molar-refractivity contribution in [1.82, 2.24) is 25.2 Å². The van der Waals surface area contributed by atoms with Gasteiger partial charge in [0.1, 0.15) is 0 Å². The highest BCUT2D eigenvalue weighted by Gasteiger charge is 2.34. The minimum atomic E-state index is -0.411. The molecule has 0 aliphatic carbocycles. The van der Waals surface area contributed by atoms with Crippen molar-refractivity contribution in [2.75, 3.05) is 13.1 Å². The summed E-state index contributed by atoms with van der Waals surface area (Å²) in [6, 6.07) is 19.0. The zero-order valence-electron chi connectivity index (χ0n) is 16.5. The zero-order chi connectivity index (χ0) is 21.6. The summed E-state index contributed by atoms with van der Waals surface area (Å²) in [4.78, 5) is 38.5. The summed E-state index contributed by atoms with van der Waals surface area (Å²) in [5.41, 5.74) is 2.07. The summed E-state index contributed by atoms with van der Waals surface area (Å²) in [6.45, 7) is 0.716. The van der Waals surface area contributed by atoms with Gasteiger partial charge in [0.25, 0.3) is 17.1 Å². The number of nitrogens with one attached hydrogen (secondary N) is 1. The van der Waals surface area contributed by atoms with Gasteiger partial charge in [-0.1, -0.05) is 65.9 Å². The van der Waals surface area contributed by atoms with Crippen LogP contribution in [0.5, 0.6) is 0 Å². The minimum Gasteiger partial charge on any atom is -0.349 e. The quantitative estimate of drug-likeness (QED) is 0.576. The predicted molar refractivity (Wildman–Crippen MR) is 117 cm³/mol. The third-order valence-electron chi connectivity index (χ3n) is 4.55. The maximum absolute atomic E-state index is 12.5. The van der Waals surface area contributed by atoms with Crippen molar-refractivity contribution in [2.45, 2.75) is 6.54 Å². The molecule has 0 spiro atoms. The van der Waals surface area contributed by atoms with Crippen LogP contribution >= 0.6 is 11.8 Å². The molecule has 1 N–H and O–H groups in total. The van der Waals surface area contributed by atoms with Gasteiger partial charge in [0.2, 0.25) is 0 Å². The van der Waals surface area contributed by atoms with Crippen molar-refractivity contribution in [2.24, 2.45) is 0 Å². The summed E-state index contributed by atoms with van der Waals surface area (Å²) in [5.74, 6) is -0.770. The van der Waals surface area contributed by atoms with Crippen molar-refractivity contribution in [3.8, 4) is 0 Å². The molecule has 9 heteroatoms. The highest BCUT2D eigenvalue weighted by atomic mass is 32.2. The summed E-state index contributed by atoms with van der Waals surface area (Å²) >= 11 is 0.896. The molecule has 2 aromatic carbocycles. The Balaban J connectivity index is 1.30. The second-order valence-electron chi connectivity index (χ2n) is 6.79. The van der Waals surface area contributed by atoms with E-state index in [-0.39, 0.29) is 29.9 Å². The van der Waals surface area contributed by atoms with Crippen molar-refractivity contribution in [3.63, 3.8) is 0 Å². The molecule has 156 valence electrons. The summed E-state index contributed by atoms with van der Waals surface area (Å²) in [5, 5.41) is 10.2. The van der Waals surface area contributed by atoms with Crippen LogP contribution in [0.15, 0.2) is 71.8 Å². The molecule has 0 saturated carbocycles. The van der Waals surface area contributed by atoms with Crippen LogP contribution in [0.2, 0.25) is 0 Å². The molecule has 31 heavy (non-hydrogen) atoms. The highest BCUT2D eigenvalue weighted by Crippen LogP contribution is 2.31. The SMILES string of the molecule is O=C(NCCN1C(=O)S/C(=C\c2ccccc2)C1=O)c1cn(Cc2ccccc2)nn1. The Bertz CT molecular complexity index is 1130. The molecule has 3 aromatic rings. The van der Waals surface area contributed by atoms with Gasteiger partial charge in [-0.15, -0.1) is 5.10 Å². The van der Waals surface area contributed by atoms with Gasteiger partial charge < -0.3 is 5.32 Å². The van der Waals surface area contributed by atoms with Gasteiger partial charge in [-0.3, -0.25) is 19.3 Å². The fourth-order valence-corrected chi connectivity index (χ4v) is 3.88. The molecule has 1 aliphatic heterocycles. The van der Waals surface area contributed by atoms with Gasteiger partial charge in [0.05, 0.1) is 17.6 Å². The van der Waals surface area contributed by atoms with Gasteiger partial charge in [0.15, 0.2) is 5.69 Å². The summed E-state index contributed by atoms with van der Waals surface area (Å²) < 4.78 is 1.58. The molecule has 1 aromatic heterocycles. The van der Waals surface area contributed by atoms with Gasteiger partial charge in [-0.25, -0.2) is 4.68 Å². The van der Waals surface area contributed by atoms with E-state index in [1.807, 2.05) is 60.7 Å². The van der Waals surface area contributed by atoms with Crippen LogP contribution in [0.1, 0.15) is 21.6 Å². The van der Waals surface area contributed by atoms with Gasteiger partial charge >= 0.3 is 0 Å². The molecular formula is C22H19N5O3S. The molecule has 2 heterocycles. The maximum Gasteiger partial charge on any atom is 0.293 e. The topological polar surface area (TPSA) is 97.2 Å². The number of aromatic nitrogens is 3. The fourth-order valence-electron chi connectivity index (χ4n) is 3.02. The Kier molecular flexibility index (Phi) is 6.23. The van der Waals surface area contributed by atoms with E-state index in [1.165, 1.54) is 0 Å². The Labute approximate surface area is 182 Å². The standard InChI is InChI=1S/C22H19N5O3S/c28-20(18-15-26(25-24-18)14-17-9-5-2-6-10-17)23-11-12-27-21(29)19(31-22(27)30)13-16-7-3-1-4-8-16/h1-10,13,15H,11-12,14H2,(H,23,28)/b19-13-. The van der Waals surface area contributed by atoms with Crippen LogP contribution < -0.4 is 5.32 Å². The summed E-state index contributed by atoms with van der Waals surface area (Å²) in [6.07, 6.45) is 3.25. The summed E-state index contributed by atoms with van der Waals surface area (Å²) in [7, 11) is 0. The molecule has 1 aliphatic rings. The lowest BCUT2D eigenvalue weighted by Gasteiger charge is -2.12. The molecule has 3 amide bonds. The first-order valence-corrected chi connectivity index (χ1v) is 10.4. The van der Waals surface area contributed by atoms with Crippen LogP contribution in [0.3, 0.4) is 0 Å². The van der Waals surface area contributed by atoms with Crippen molar-refractivity contribution in [1.29, 1.82) is 0 Å². The number of benzene rings is 2. The molecular weight excluding hydrogens is 414 g/mol. The zero-order valence-corrected chi connectivity index (χ0v) is 17.3. The van der Waals surface area contributed by atoms with Crippen LogP contribution in [0, 0.1) is 0 Å². The van der Waals surface area contributed by atoms with Crippen molar-refractivity contribution < 1.29 is 14.4 Å². The van der Waals surface area contributed by atoms with E-state index in [0.717, 1.165) is 27.8 Å². The lowest BCUT2D eigenvalue weighted by atomic mass is 10.2. The number of thioether (sulfide) groups is 1. The number of rotatable bonds is 7. The van der Waals surface area contributed by atoms with Gasteiger partial charge in [0, 0.05) is 13.1 Å². The first-order chi connectivity index (χ1) is 15.1. The van der Waals surface area contributed by atoms with Crippen LogP contribution in [-0.4, -0.2) is 50.0 Å². The Morgan fingerprint density at radius 3 is 2.48 bits per heavy atom. The lowest BCUT2D eigenvalue weighted by molar-refractivity contribution is -0.122. The van der Waals surface area contributed by atoms with Crippen LogP contribution in [-0.2, 0) is 11.3 Å². The first-order valence-electron chi connectivity index (χ1n) is 9.63. The third-order valence-corrected chi connectivity index (χ3v) is 5.46. The van der Waals surface area contributed by atoms with E-state index < -0.39 is 5.91 Å².